The van der Waals surface area contributed by atoms with Gasteiger partial charge in [0.05, 0.1) is 30.2 Å². The molecule has 0 saturated heterocycles. The number of aliphatic hydroxyl groups excluding tert-OH is 2. The number of nitrogens with one attached hydrogen (secondary N) is 2. The second kappa shape index (κ2) is 8.45. The highest BCUT2D eigenvalue weighted by Crippen LogP contribution is 2.29. The first-order chi connectivity index (χ1) is 10.8. The van der Waals surface area contributed by atoms with E-state index in [4.69, 9.17) is 0 Å². The van der Waals surface area contributed by atoms with E-state index in [1.165, 1.54) is 0 Å². The van der Waals surface area contributed by atoms with Gasteiger partial charge in [-0.1, -0.05) is 18.9 Å². The van der Waals surface area contributed by atoms with Crippen LogP contribution in [0.15, 0.2) is 12.7 Å². The van der Waals surface area contributed by atoms with Crippen LogP contribution in [0.4, 0.5) is 0 Å². The highest BCUT2D eigenvalue weighted by atomic mass is 16.3. The summed E-state index contributed by atoms with van der Waals surface area (Å²) >= 11 is 0. The lowest BCUT2D eigenvalue weighted by Crippen LogP contribution is -2.51. The minimum Gasteiger partial charge on any atom is -0.394 e. The van der Waals surface area contributed by atoms with Crippen molar-refractivity contribution in [3.63, 3.8) is 0 Å². The monoisotopic (exact) mass is 326 g/mol. The fraction of sp³-hybridized carbons (Fsp3) is 0.765. The quantitative estimate of drug-likeness (QED) is 0.473. The van der Waals surface area contributed by atoms with Crippen LogP contribution in [0.2, 0.25) is 0 Å². The highest BCUT2D eigenvalue weighted by Gasteiger charge is 2.35. The maximum Gasteiger partial charge on any atom is 0.224 e. The summed E-state index contributed by atoms with van der Waals surface area (Å²) in [4.78, 5) is 24.6. The first kappa shape index (κ1) is 19.6. The van der Waals surface area contributed by atoms with Gasteiger partial charge in [0, 0.05) is 6.42 Å². The summed E-state index contributed by atoms with van der Waals surface area (Å²) in [6.07, 6.45) is 5.55. The molecule has 2 amide bonds. The lowest BCUT2D eigenvalue weighted by Gasteiger charge is -2.30. The molecule has 0 heterocycles. The summed E-state index contributed by atoms with van der Waals surface area (Å²) in [5.41, 5.74) is -1.26. The number of aliphatic hydroxyl groups is 2. The first-order valence-corrected chi connectivity index (χ1v) is 8.23. The van der Waals surface area contributed by atoms with E-state index in [0.29, 0.717) is 6.42 Å². The molecule has 0 radical (unpaired) electrons. The van der Waals surface area contributed by atoms with Crippen molar-refractivity contribution in [2.24, 2.45) is 5.92 Å². The molecule has 6 nitrogen and oxygen atoms in total. The van der Waals surface area contributed by atoms with Crippen molar-refractivity contribution in [2.45, 2.75) is 63.5 Å². The van der Waals surface area contributed by atoms with Crippen molar-refractivity contribution in [1.82, 2.24) is 10.6 Å². The van der Waals surface area contributed by atoms with Gasteiger partial charge in [-0.3, -0.25) is 9.59 Å². The molecule has 1 aliphatic rings. The molecule has 0 bridgehead atoms. The lowest BCUT2D eigenvalue weighted by molar-refractivity contribution is -0.132. The van der Waals surface area contributed by atoms with E-state index < -0.39 is 17.0 Å². The molecule has 1 unspecified atom stereocenters. The molecular weight excluding hydrogens is 296 g/mol. The van der Waals surface area contributed by atoms with E-state index in [1.807, 2.05) is 0 Å². The Morgan fingerprint density at radius 1 is 1.30 bits per heavy atom. The van der Waals surface area contributed by atoms with Gasteiger partial charge in [0.15, 0.2) is 0 Å². The van der Waals surface area contributed by atoms with Gasteiger partial charge in [-0.2, -0.15) is 0 Å². The Bertz CT molecular complexity index is 428. The Morgan fingerprint density at radius 3 is 2.39 bits per heavy atom. The van der Waals surface area contributed by atoms with Crippen LogP contribution in [-0.4, -0.2) is 46.3 Å². The average Bonchev–Trinajstić information content (AvgIpc) is 2.95. The summed E-state index contributed by atoms with van der Waals surface area (Å²) in [5.74, 6) is -1.04. The number of amides is 2. The van der Waals surface area contributed by atoms with Crippen LogP contribution < -0.4 is 10.6 Å². The first-order valence-electron chi connectivity index (χ1n) is 8.23. The zero-order valence-electron chi connectivity index (χ0n) is 14.2. The largest absolute Gasteiger partial charge is 0.394 e. The van der Waals surface area contributed by atoms with Crippen LogP contribution in [-0.2, 0) is 9.59 Å². The van der Waals surface area contributed by atoms with Gasteiger partial charge >= 0.3 is 0 Å². The highest BCUT2D eigenvalue weighted by molar-refractivity contribution is 5.86. The summed E-state index contributed by atoms with van der Waals surface area (Å²) < 4.78 is 0. The van der Waals surface area contributed by atoms with Crippen LogP contribution >= 0.6 is 0 Å². The van der Waals surface area contributed by atoms with Gasteiger partial charge in [0.2, 0.25) is 11.8 Å². The molecule has 4 N–H and O–H groups in total. The molecule has 1 atom stereocenters. The van der Waals surface area contributed by atoms with E-state index in [0.717, 1.165) is 25.7 Å². The summed E-state index contributed by atoms with van der Waals surface area (Å²) in [6.45, 7) is 6.82. The smallest absolute Gasteiger partial charge is 0.224 e. The number of allylic oxidation sites excluding steroid dienone is 1. The van der Waals surface area contributed by atoms with Crippen molar-refractivity contribution < 1.29 is 19.8 Å². The second-order valence-electron chi connectivity index (χ2n) is 7.15. The molecule has 1 aliphatic carbocycles. The molecule has 0 aromatic heterocycles. The molecule has 0 aromatic carbocycles. The Balaban J connectivity index is 2.65. The van der Waals surface area contributed by atoms with Crippen LogP contribution in [0, 0.1) is 5.92 Å². The van der Waals surface area contributed by atoms with Crippen molar-refractivity contribution >= 4 is 11.8 Å². The normalized spacial score (nSPS) is 18.3. The molecule has 1 saturated carbocycles. The van der Waals surface area contributed by atoms with Crippen LogP contribution in [0.1, 0.15) is 52.4 Å². The molecule has 1 fully saturated rings. The predicted molar refractivity (Wildman–Crippen MR) is 88.7 cm³/mol. The zero-order chi connectivity index (χ0) is 17.5. The van der Waals surface area contributed by atoms with Crippen molar-refractivity contribution in [2.75, 3.05) is 13.2 Å². The topological polar surface area (TPSA) is 98.7 Å². The predicted octanol–water partition coefficient (Wildman–Crippen LogP) is 0.877. The van der Waals surface area contributed by atoms with Crippen molar-refractivity contribution in [3.05, 3.63) is 12.7 Å². The number of hydrogen-bond donors (Lipinski definition) is 4. The van der Waals surface area contributed by atoms with Gasteiger partial charge < -0.3 is 20.8 Å². The molecule has 132 valence electrons. The maximum absolute atomic E-state index is 12.3. The second-order valence-corrected chi connectivity index (χ2v) is 7.15. The fourth-order valence-electron chi connectivity index (χ4n) is 2.90. The number of carbonyl (C=O) groups excluding carboxylic acids is 2. The Hall–Kier alpha value is -1.40. The molecule has 1 rings (SSSR count). The standard InChI is InChI=1S/C17H30N2O4/c1-4-7-13(15(23)19-16(2,3)11-20)10-14(22)18-17(12-21)8-5-6-9-17/h4,13,20-21H,1,5-12H2,2-3H3,(H,18,22)(H,19,23). The Kier molecular flexibility index (Phi) is 7.22. The van der Waals surface area contributed by atoms with E-state index >= 15 is 0 Å². The van der Waals surface area contributed by atoms with Gasteiger partial charge in [-0.15, -0.1) is 6.58 Å². The Labute approximate surface area is 138 Å². The van der Waals surface area contributed by atoms with Crippen LogP contribution in [0.3, 0.4) is 0 Å². The number of hydrogen-bond acceptors (Lipinski definition) is 4. The molecular formula is C17H30N2O4. The molecule has 0 aromatic rings. The fourth-order valence-corrected chi connectivity index (χ4v) is 2.90. The minimum atomic E-state index is -0.731. The number of carbonyl (C=O) groups is 2. The van der Waals surface area contributed by atoms with E-state index in [1.54, 1.807) is 19.9 Å². The molecule has 23 heavy (non-hydrogen) atoms. The third kappa shape index (κ3) is 5.95. The van der Waals surface area contributed by atoms with E-state index in [9.17, 15) is 19.8 Å². The van der Waals surface area contributed by atoms with Gasteiger partial charge in [0.25, 0.3) is 0 Å². The Morgan fingerprint density at radius 2 is 1.91 bits per heavy atom. The van der Waals surface area contributed by atoms with Gasteiger partial charge in [-0.25, -0.2) is 0 Å². The molecule has 0 spiro atoms. The summed E-state index contributed by atoms with van der Waals surface area (Å²) in [5, 5.41) is 24.5. The molecule has 0 aliphatic heterocycles. The third-order valence-corrected chi connectivity index (χ3v) is 4.38. The summed E-state index contributed by atoms with van der Waals surface area (Å²) in [6, 6.07) is 0. The van der Waals surface area contributed by atoms with Crippen molar-refractivity contribution in [1.29, 1.82) is 0 Å². The average molecular weight is 326 g/mol. The van der Waals surface area contributed by atoms with E-state index in [2.05, 4.69) is 17.2 Å². The van der Waals surface area contributed by atoms with Crippen molar-refractivity contribution in [3.8, 4) is 0 Å². The minimum absolute atomic E-state index is 0.0428. The third-order valence-electron chi connectivity index (χ3n) is 4.38. The lowest BCUT2D eigenvalue weighted by atomic mass is 9.95. The van der Waals surface area contributed by atoms with Crippen LogP contribution in [0.5, 0.6) is 0 Å². The van der Waals surface area contributed by atoms with Gasteiger partial charge in [-0.05, 0) is 33.1 Å². The number of rotatable bonds is 9. The molecule has 6 heteroatoms. The van der Waals surface area contributed by atoms with E-state index in [-0.39, 0.29) is 31.4 Å². The zero-order valence-corrected chi connectivity index (χ0v) is 14.2. The maximum atomic E-state index is 12.3. The SMILES string of the molecule is C=CCC(CC(=O)NC1(CO)CCCC1)C(=O)NC(C)(C)CO. The van der Waals surface area contributed by atoms with Gasteiger partial charge in [0.1, 0.15) is 0 Å². The summed E-state index contributed by atoms with van der Waals surface area (Å²) in [7, 11) is 0. The van der Waals surface area contributed by atoms with Crippen LogP contribution in [0.25, 0.3) is 0 Å².